The minimum Gasteiger partial charge on any atom is -0.493 e. The number of nitrogens with two attached hydrogens (primary N) is 1. The van der Waals surface area contributed by atoms with Gasteiger partial charge in [-0.05, 0) is 66.6 Å². The Morgan fingerprint density at radius 1 is 1.21 bits per heavy atom. The maximum absolute atomic E-state index is 6.56. The van der Waals surface area contributed by atoms with Crippen LogP contribution >= 0.6 is 23.5 Å². The maximum atomic E-state index is 6.56. The van der Waals surface area contributed by atoms with Gasteiger partial charge in [0, 0.05) is 41.7 Å². The lowest BCUT2D eigenvalue weighted by Gasteiger charge is -2.38. The van der Waals surface area contributed by atoms with Crippen LogP contribution in [0.3, 0.4) is 0 Å². The Morgan fingerprint density at radius 3 is 2.86 bits per heavy atom. The molecule has 1 aliphatic carbocycles. The first-order chi connectivity index (χ1) is 14.1. The molecular weight excluding hydrogens is 400 g/mol. The van der Waals surface area contributed by atoms with Gasteiger partial charge in [-0.25, -0.2) is 4.31 Å². The average molecular weight is 431 g/mol. The molecule has 0 amide bonds. The molecule has 156 valence electrons. The van der Waals surface area contributed by atoms with Crippen molar-refractivity contribution in [3.8, 4) is 5.75 Å². The second kappa shape index (κ2) is 9.74. The summed E-state index contributed by atoms with van der Waals surface area (Å²) < 4.78 is 8.63. The van der Waals surface area contributed by atoms with E-state index in [1.807, 2.05) is 24.1 Å². The van der Waals surface area contributed by atoms with E-state index in [-0.39, 0.29) is 6.04 Å². The van der Waals surface area contributed by atoms with Crippen molar-refractivity contribution >= 4 is 23.5 Å². The molecule has 1 fully saturated rings. The summed E-state index contributed by atoms with van der Waals surface area (Å²) in [6.07, 6.45) is 4.24. The Labute approximate surface area is 184 Å². The quantitative estimate of drug-likeness (QED) is 0.576. The van der Waals surface area contributed by atoms with E-state index in [0.29, 0.717) is 11.8 Å². The third-order valence-corrected chi connectivity index (χ3v) is 7.50. The topological polar surface area (TPSA) is 38.5 Å². The smallest absolute Gasteiger partial charge is 0.119 e. The molecule has 2 N–H and O–H groups in total. The minimum absolute atomic E-state index is 0.174. The number of halogens is 1. The summed E-state index contributed by atoms with van der Waals surface area (Å²) in [5.74, 6) is 3.14. The largest absolute Gasteiger partial charge is 0.493 e. The Kier molecular flexibility index (Phi) is 7.07. The second-order valence-corrected chi connectivity index (χ2v) is 9.98. The Bertz CT molecular complexity index is 824. The van der Waals surface area contributed by atoms with Gasteiger partial charge in [0.25, 0.3) is 0 Å². The van der Waals surface area contributed by atoms with Crippen LogP contribution < -0.4 is 10.5 Å². The summed E-state index contributed by atoms with van der Waals surface area (Å²) in [6, 6.07) is 14.9. The summed E-state index contributed by atoms with van der Waals surface area (Å²) in [4.78, 5) is 0. The number of hydrogen-bond acceptors (Lipinski definition) is 4. The predicted octanol–water partition coefficient (Wildman–Crippen LogP) is 5.31. The highest BCUT2D eigenvalue weighted by Crippen LogP contribution is 2.36. The van der Waals surface area contributed by atoms with Crippen molar-refractivity contribution in [3.63, 3.8) is 0 Å². The summed E-state index contributed by atoms with van der Waals surface area (Å²) in [6.45, 7) is 5.30. The molecule has 2 aliphatic rings. The molecule has 2 aromatic carbocycles. The summed E-state index contributed by atoms with van der Waals surface area (Å²) in [5, 5.41) is 0.788. The van der Waals surface area contributed by atoms with Gasteiger partial charge >= 0.3 is 0 Å². The van der Waals surface area contributed by atoms with Gasteiger partial charge in [0.1, 0.15) is 5.75 Å². The molecule has 1 aliphatic heterocycles. The Morgan fingerprint density at radius 2 is 2.07 bits per heavy atom. The van der Waals surface area contributed by atoms with Crippen LogP contribution in [0.15, 0.2) is 42.5 Å². The lowest BCUT2D eigenvalue weighted by atomic mass is 9.76. The number of fused-ring (bicyclic) bond motifs is 1. The molecule has 0 radical (unpaired) electrons. The summed E-state index contributed by atoms with van der Waals surface area (Å²) >= 11 is 8.16. The highest BCUT2D eigenvalue weighted by atomic mass is 35.5. The molecular formula is C24H31ClN2OS. The van der Waals surface area contributed by atoms with Gasteiger partial charge in [0.2, 0.25) is 0 Å². The number of ether oxygens (including phenoxy) is 1. The zero-order valence-electron chi connectivity index (χ0n) is 17.1. The summed E-state index contributed by atoms with van der Waals surface area (Å²) in [7, 11) is 0. The zero-order chi connectivity index (χ0) is 20.2. The average Bonchev–Trinajstić information content (AvgIpc) is 2.69. The second-order valence-electron chi connectivity index (χ2n) is 8.36. The third-order valence-electron chi connectivity index (χ3n) is 6.01. The van der Waals surface area contributed by atoms with E-state index >= 15 is 0 Å². The van der Waals surface area contributed by atoms with Crippen LogP contribution in [-0.2, 0) is 12.8 Å². The van der Waals surface area contributed by atoms with Gasteiger partial charge in [-0.3, -0.25) is 0 Å². The highest BCUT2D eigenvalue weighted by molar-refractivity contribution is 7.97. The van der Waals surface area contributed by atoms with Gasteiger partial charge in [0.05, 0.1) is 6.61 Å². The first kappa shape index (κ1) is 21.0. The maximum Gasteiger partial charge on any atom is 0.119 e. The van der Waals surface area contributed by atoms with Crippen molar-refractivity contribution in [2.45, 2.75) is 44.6 Å². The molecule has 2 unspecified atom stereocenters. The van der Waals surface area contributed by atoms with Crippen molar-refractivity contribution in [1.82, 2.24) is 4.31 Å². The number of hydrogen-bond donors (Lipinski definition) is 1. The lowest BCUT2D eigenvalue weighted by molar-refractivity contribution is 0.139. The SMILES string of the molecule is CCCSN1CC(COc2ccc3c(c2)C(Cc2cccc(Cl)c2)C(N)CC3)C1. The highest BCUT2D eigenvalue weighted by Gasteiger charge is 2.29. The van der Waals surface area contributed by atoms with Crippen LogP contribution in [0, 0.1) is 5.92 Å². The molecule has 1 saturated heterocycles. The fourth-order valence-corrected chi connectivity index (χ4v) is 5.62. The summed E-state index contributed by atoms with van der Waals surface area (Å²) in [5.41, 5.74) is 10.6. The fourth-order valence-electron chi connectivity index (χ4n) is 4.34. The standard InChI is InChI=1S/C24H31ClN2OS/c1-2-10-29-27-14-18(15-27)16-28-21-8-6-19-7-9-24(26)23(22(19)13-21)12-17-4-3-5-20(25)11-17/h3-6,8,11,13,18,23-24H,2,7,9-10,12,14-16,26H2,1H3. The molecule has 3 nitrogen and oxygen atoms in total. The number of benzene rings is 2. The van der Waals surface area contributed by atoms with Crippen LogP contribution in [0.25, 0.3) is 0 Å². The monoisotopic (exact) mass is 430 g/mol. The molecule has 2 atom stereocenters. The predicted molar refractivity (Wildman–Crippen MR) is 124 cm³/mol. The van der Waals surface area contributed by atoms with E-state index in [1.165, 1.54) is 28.9 Å². The first-order valence-corrected chi connectivity index (χ1v) is 12.1. The van der Waals surface area contributed by atoms with Crippen LogP contribution in [-0.4, -0.2) is 35.8 Å². The molecule has 1 heterocycles. The zero-order valence-corrected chi connectivity index (χ0v) is 18.7. The van der Waals surface area contributed by atoms with Crippen molar-refractivity contribution in [2.24, 2.45) is 11.7 Å². The third kappa shape index (κ3) is 5.29. The van der Waals surface area contributed by atoms with Crippen molar-refractivity contribution in [2.75, 3.05) is 25.4 Å². The van der Waals surface area contributed by atoms with E-state index in [2.05, 4.69) is 41.6 Å². The van der Waals surface area contributed by atoms with Crippen LogP contribution in [0.4, 0.5) is 0 Å². The van der Waals surface area contributed by atoms with Crippen molar-refractivity contribution in [1.29, 1.82) is 0 Å². The molecule has 5 heteroatoms. The Balaban J connectivity index is 1.40. The molecule has 0 saturated carbocycles. The van der Waals surface area contributed by atoms with Crippen LogP contribution in [0.2, 0.25) is 5.02 Å². The van der Waals surface area contributed by atoms with E-state index in [0.717, 1.165) is 49.7 Å². The molecule has 29 heavy (non-hydrogen) atoms. The first-order valence-electron chi connectivity index (χ1n) is 10.8. The molecule has 0 aromatic heterocycles. The van der Waals surface area contributed by atoms with Crippen LogP contribution in [0.1, 0.15) is 42.4 Å². The van der Waals surface area contributed by atoms with E-state index in [1.54, 1.807) is 0 Å². The Hall–Kier alpha value is -1.20. The van der Waals surface area contributed by atoms with Gasteiger partial charge < -0.3 is 10.5 Å². The molecule has 2 aromatic rings. The minimum atomic E-state index is 0.174. The molecule has 4 rings (SSSR count). The van der Waals surface area contributed by atoms with E-state index in [4.69, 9.17) is 22.1 Å². The molecule has 0 spiro atoms. The van der Waals surface area contributed by atoms with Gasteiger partial charge in [-0.2, -0.15) is 0 Å². The van der Waals surface area contributed by atoms with Crippen molar-refractivity contribution < 1.29 is 4.74 Å². The number of nitrogens with zero attached hydrogens (tertiary/aromatic N) is 1. The van der Waals surface area contributed by atoms with Crippen LogP contribution in [0.5, 0.6) is 5.75 Å². The normalized spacial score (nSPS) is 22.2. The fraction of sp³-hybridized carbons (Fsp3) is 0.500. The van der Waals surface area contributed by atoms with E-state index < -0.39 is 0 Å². The molecule has 0 bridgehead atoms. The van der Waals surface area contributed by atoms with Crippen molar-refractivity contribution in [3.05, 3.63) is 64.2 Å². The van der Waals surface area contributed by atoms with Gasteiger partial charge in [0.15, 0.2) is 0 Å². The number of rotatable bonds is 8. The number of aryl methyl sites for hydroxylation is 1. The lowest BCUT2D eigenvalue weighted by Crippen LogP contribution is -2.45. The van der Waals surface area contributed by atoms with E-state index in [9.17, 15) is 0 Å². The van der Waals surface area contributed by atoms with Gasteiger partial charge in [-0.1, -0.05) is 48.7 Å². The van der Waals surface area contributed by atoms with Gasteiger partial charge in [-0.15, -0.1) is 0 Å².